The molecule has 0 unspecified atom stereocenters. The average molecular weight is 265 g/mol. The van der Waals surface area contributed by atoms with Gasteiger partial charge in [0.25, 0.3) is 0 Å². The Labute approximate surface area is 116 Å². The minimum Gasteiger partial charge on any atom is -0.312 e. The molecule has 0 bridgehead atoms. The lowest BCUT2D eigenvalue weighted by molar-refractivity contribution is 0.165. The highest BCUT2D eigenvalue weighted by Gasteiger charge is 2.21. The van der Waals surface area contributed by atoms with Crippen LogP contribution in [0, 0.1) is 5.92 Å². The number of rotatable bonds is 4. The summed E-state index contributed by atoms with van der Waals surface area (Å²) in [7, 11) is 1.96. The molecule has 1 aliphatic heterocycles. The van der Waals surface area contributed by atoms with E-state index in [1.165, 1.54) is 25.9 Å². The largest absolute Gasteiger partial charge is 0.312 e. The maximum absolute atomic E-state index is 4.30. The molecule has 2 heterocycles. The van der Waals surface area contributed by atoms with Gasteiger partial charge in [-0.3, -0.25) is 9.58 Å². The molecule has 0 spiro atoms. The highest BCUT2D eigenvalue weighted by molar-refractivity contribution is 4.85. The number of likely N-dealkylation sites (tertiary alicyclic amines) is 1. The van der Waals surface area contributed by atoms with Crippen LogP contribution in [0.2, 0.25) is 0 Å². The van der Waals surface area contributed by atoms with Crippen molar-refractivity contribution in [3.8, 4) is 0 Å². The fourth-order valence-corrected chi connectivity index (χ4v) is 2.46. The molecule has 5 heteroatoms. The summed E-state index contributed by atoms with van der Waals surface area (Å²) in [6, 6.07) is 0. The van der Waals surface area contributed by atoms with Gasteiger partial charge in [0.05, 0.1) is 6.54 Å². The summed E-state index contributed by atoms with van der Waals surface area (Å²) in [5, 5.41) is 7.74. The molecule has 1 fully saturated rings. The zero-order valence-electron chi connectivity index (χ0n) is 12.7. The Morgan fingerprint density at radius 1 is 1.32 bits per heavy atom. The molecule has 1 aromatic rings. The summed E-state index contributed by atoms with van der Waals surface area (Å²) in [6.07, 6.45) is 4.19. The van der Waals surface area contributed by atoms with Gasteiger partial charge in [-0.25, -0.2) is 4.98 Å². The number of nitrogens with zero attached hydrogens (tertiary/aromatic N) is 4. The lowest BCUT2D eigenvalue weighted by Gasteiger charge is -2.33. The maximum Gasteiger partial charge on any atom is 0.140 e. The van der Waals surface area contributed by atoms with Crippen LogP contribution in [0.25, 0.3) is 0 Å². The van der Waals surface area contributed by atoms with Gasteiger partial charge in [0.2, 0.25) is 0 Å². The molecule has 1 saturated heterocycles. The normalized spacial score (nSPS) is 18.9. The van der Waals surface area contributed by atoms with Crippen LogP contribution in [0.15, 0.2) is 6.33 Å². The van der Waals surface area contributed by atoms with Crippen LogP contribution in [0.1, 0.15) is 39.4 Å². The molecule has 2 rings (SSSR count). The fourth-order valence-electron chi connectivity index (χ4n) is 2.46. The second kappa shape index (κ2) is 6.01. The molecule has 1 aliphatic rings. The van der Waals surface area contributed by atoms with E-state index in [9.17, 15) is 0 Å². The quantitative estimate of drug-likeness (QED) is 0.894. The highest BCUT2D eigenvalue weighted by atomic mass is 15.3. The summed E-state index contributed by atoms with van der Waals surface area (Å²) < 4.78 is 1.87. The predicted molar refractivity (Wildman–Crippen MR) is 76.8 cm³/mol. The Morgan fingerprint density at radius 2 is 2.00 bits per heavy atom. The first-order valence-electron chi connectivity index (χ1n) is 7.24. The molecule has 19 heavy (non-hydrogen) atoms. The van der Waals surface area contributed by atoms with E-state index in [0.717, 1.165) is 24.8 Å². The van der Waals surface area contributed by atoms with E-state index >= 15 is 0 Å². The van der Waals surface area contributed by atoms with Crippen molar-refractivity contribution in [2.75, 3.05) is 19.6 Å². The van der Waals surface area contributed by atoms with Crippen LogP contribution in [-0.2, 0) is 13.6 Å². The second-order valence-electron chi connectivity index (χ2n) is 6.65. The molecule has 1 aromatic heterocycles. The Bertz CT molecular complexity index is 385. The standard InChI is InChI=1S/C14H27N5/c1-14(2,3)16-9-12-5-7-19(8-6-12)10-13-15-11-17-18(13)4/h11-12,16H,5-10H2,1-4H3. The average Bonchev–Trinajstić information content (AvgIpc) is 2.73. The van der Waals surface area contributed by atoms with Crippen molar-refractivity contribution >= 4 is 0 Å². The molecular weight excluding hydrogens is 238 g/mol. The van der Waals surface area contributed by atoms with Gasteiger partial charge < -0.3 is 5.32 Å². The maximum atomic E-state index is 4.30. The van der Waals surface area contributed by atoms with Crippen LogP contribution in [-0.4, -0.2) is 44.8 Å². The molecule has 108 valence electrons. The van der Waals surface area contributed by atoms with Gasteiger partial charge in [-0.2, -0.15) is 5.10 Å². The Morgan fingerprint density at radius 3 is 2.53 bits per heavy atom. The van der Waals surface area contributed by atoms with Crippen molar-refractivity contribution < 1.29 is 0 Å². The number of piperidine rings is 1. The Kier molecular flexibility index (Phi) is 4.58. The molecule has 0 aliphatic carbocycles. The van der Waals surface area contributed by atoms with E-state index in [0.29, 0.717) is 0 Å². The first kappa shape index (κ1) is 14.5. The van der Waals surface area contributed by atoms with E-state index < -0.39 is 0 Å². The van der Waals surface area contributed by atoms with Gasteiger partial charge in [0.1, 0.15) is 12.2 Å². The number of hydrogen-bond donors (Lipinski definition) is 1. The van der Waals surface area contributed by atoms with E-state index in [1.807, 2.05) is 11.7 Å². The van der Waals surface area contributed by atoms with Gasteiger partial charge in [-0.1, -0.05) is 0 Å². The number of aryl methyl sites for hydroxylation is 1. The van der Waals surface area contributed by atoms with Crippen molar-refractivity contribution in [2.45, 2.75) is 45.7 Å². The highest BCUT2D eigenvalue weighted by Crippen LogP contribution is 2.18. The number of hydrogen-bond acceptors (Lipinski definition) is 4. The lowest BCUT2D eigenvalue weighted by Crippen LogP contribution is -2.42. The molecular formula is C14H27N5. The zero-order valence-corrected chi connectivity index (χ0v) is 12.7. The van der Waals surface area contributed by atoms with Crippen LogP contribution >= 0.6 is 0 Å². The third-order valence-electron chi connectivity index (χ3n) is 3.80. The van der Waals surface area contributed by atoms with Gasteiger partial charge in [-0.15, -0.1) is 0 Å². The molecule has 0 radical (unpaired) electrons. The van der Waals surface area contributed by atoms with Gasteiger partial charge in [0.15, 0.2) is 0 Å². The third kappa shape index (κ3) is 4.58. The summed E-state index contributed by atoms with van der Waals surface area (Å²) in [5.74, 6) is 1.88. The van der Waals surface area contributed by atoms with Crippen LogP contribution in [0.4, 0.5) is 0 Å². The molecule has 0 aromatic carbocycles. The van der Waals surface area contributed by atoms with E-state index in [2.05, 4.69) is 41.1 Å². The van der Waals surface area contributed by atoms with Crippen molar-refractivity contribution in [1.82, 2.24) is 25.0 Å². The first-order valence-corrected chi connectivity index (χ1v) is 7.24. The lowest BCUT2D eigenvalue weighted by atomic mass is 9.95. The number of nitrogens with one attached hydrogen (secondary N) is 1. The second-order valence-corrected chi connectivity index (χ2v) is 6.65. The van der Waals surface area contributed by atoms with Crippen molar-refractivity contribution in [3.05, 3.63) is 12.2 Å². The summed E-state index contributed by atoms with van der Waals surface area (Å²) >= 11 is 0. The Hall–Kier alpha value is -0.940. The molecule has 0 saturated carbocycles. The van der Waals surface area contributed by atoms with Gasteiger partial charge >= 0.3 is 0 Å². The summed E-state index contributed by atoms with van der Waals surface area (Å²) in [6.45, 7) is 11.1. The molecule has 0 atom stereocenters. The first-order chi connectivity index (χ1) is 8.94. The summed E-state index contributed by atoms with van der Waals surface area (Å²) in [5.41, 5.74) is 0.232. The van der Waals surface area contributed by atoms with Gasteiger partial charge in [0, 0.05) is 12.6 Å². The van der Waals surface area contributed by atoms with Crippen LogP contribution in [0.3, 0.4) is 0 Å². The van der Waals surface area contributed by atoms with E-state index in [1.54, 1.807) is 6.33 Å². The fraction of sp³-hybridized carbons (Fsp3) is 0.857. The Balaban J connectivity index is 1.72. The van der Waals surface area contributed by atoms with Crippen molar-refractivity contribution in [1.29, 1.82) is 0 Å². The van der Waals surface area contributed by atoms with Crippen LogP contribution in [0.5, 0.6) is 0 Å². The molecule has 1 N–H and O–H groups in total. The zero-order chi connectivity index (χ0) is 13.9. The van der Waals surface area contributed by atoms with Crippen molar-refractivity contribution in [3.63, 3.8) is 0 Å². The van der Waals surface area contributed by atoms with E-state index in [4.69, 9.17) is 0 Å². The third-order valence-corrected chi connectivity index (χ3v) is 3.80. The van der Waals surface area contributed by atoms with Crippen LogP contribution < -0.4 is 5.32 Å². The predicted octanol–water partition coefficient (Wildman–Crippen LogP) is 1.42. The number of aromatic nitrogens is 3. The molecule has 0 amide bonds. The monoisotopic (exact) mass is 265 g/mol. The van der Waals surface area contributed by atoms with Gasteiger partial charge in [-0.05, 0) is 59.2 Å². The smallest absolute Gasteiger partial charge is 0.140 e. The minimum atomic E-state index is 0.232. The molecule has 5 nitrogen and oxygen atoms in total. The minimum absolute atomic E-state index is 0.232. The summed E-state index contributed by atoms with van der Waals surface area (Å²) in [4.78, 5) is 6.78. The van der Waals surface area contributed by atoms with Crippen molar-refractivity contribution in [2.24, 2.45) is 13.0 Å². The SMILES string of the molecule is Cn1ncnc1CN1CCC(CNC(C)(C)C)CC1. The topological polar surface area (TPSA) is 46.0 Å². The van der Waals surface area contributed by atoms with E-state index in [-0.39, 0.29) is 5.54 Å².